The second-order valence-electron chi connectivity index (χ2n) is 7.13. The van der Waals surface area contributed by atoms with Crippen molar-refractivity contribution in [1.82, 2.24) is 15.5 Å². The lowest BCUT2D eigenvalue weighted by Crippen LogP contribution is -2.26. The second kappa shape index (κ2) is 8.78. The Morgan fingerprint density at radius 1 is 1.07 bits per heavy atom. The van der Waals surface area contributed by atoms with E-state index in [1.165, 1.54) is 0 Å². The Morgan fingerprint density at radius 3 is 2.77 bits per heavy atom. The van der Waals surface area contributed by atoms with Crippen LogP contribution in [-0.4, -0.2) is 22.6 Å². The Balaban J connectivity index is 1.32. The molecule has 0 fully saturated rings. The lowest BCUT2D eigenvalue weighted by atomic mass is 10.1. The van der Waals surface area contributed by atoms with Crippen LogP contribution in [0.25, 0.3) is 10.9 Å². The highest BCUT2D eigenvalue weighted by Gasteiger charge is 2.10. The summed E-state index contributed by atoms with van der Waals surface area (Å²) in [5.74, 6) is 1.37. The van der Waals surface area contributed by atoms with Crippen LogP contribution in [0.5, 0.6) is 5.75 Å². The molecule has 1 amide bonds. The van der Waals surface area contributed by atoms with Gasteiger partial charge < -0.3 is 14.6 Å². The minimum absolute atomic E-state index is 0.174. The normalized spacial score (nSPS) is 10.9. The molecule has 0 saturated heterocycles. The quantitative estimate of drug-likeness (QED) is 0.497. The molecule has 0 unspecified atom stereocenters. The van der Waals surface area contributed by atoms with Gasteiger partial charge in [0.1, 0.15) is 23.8 Å². The number of aryl methyl sites for hydroxylation is 2. The SMILES string of the molecule is Cc1noc(C)c1COc1cccc(CCNC(=O)c2ccc3ccccc3n2)c1. The van der Waals surface area contributed by atoms with E-state index in [9.17, 15) is 4.79 Å². The van der Waals surface area contributed by atoms with E-state index in [4.69, 9.17) is 9.26 Å². The van der Waals surface area contributed by atoms with Crippen molar-refractivity contribution >= 4 is 16.8 Å². The van der Waals surface area contributed by atoms with Gasteiger partial charge in [0.25, 0.3) is 5.91 Å². The summed E-state index contributed by atoms with van der Waals surface area (Å²) in [6.45, 7) is 4.70. The summed E-state index contributed by atoms with van der Waals surface area (Å²) in [6.07, 6.45) is 0.696. The maximum atomic E-state index is 12.4. The van der Waals surface area contributed by atoms with E-state index in [2.05, 4.69) is 15.5 Å². The lowest BCUT2D eigenvalue weighted by Gasteiger charge is -2.09. The van der Waals surface area contributed by atoms with Gasteiger partial charge in [-0.15, -0.1) is 0 Å². The van der Waals surface area contributed by atoms with Crippen LogP contribution in [0, 0.1) is 13.8 Å². The zero-order valence-corrected chi connectivity index (χ0v) is 17.0. The second-order valence-corrected chi connectivity index (χ2v) is 7.13. The molecule has 152 valence electrons. The molecule has 6 heteroatoms. The lowest BCUT2D eigenvalue weighted by molar-refractivity contribution is 0.0949. The number of amides is 1. The third kappa shape index (κ3) is 4.49. The monoisotopic (exact) mass is 401 g/mol. The van der Waals surface area contributed by atoms with Crippen LogP contribution < -0.4 is 10.1 Å². The van der Waals surface area contributed by atoms with Gasteiger partial charge in [-0.1, -0.05) is 41.6 Å². The number of hydrogen-bond donors (Lipinski definition) is 1. The molecule has 4 aromatic rings. The molecule has 0 atom stereocenters. The van der Waals surface area contributed by atoms with Gasteiger partial charge in [0.2, 0.25) is 0 Å². The first kappa shape index (κ1) is 19.6. The number of fused-ring (bicyclic) bond motifs is 1. The fraction of sp³-hybridized carbons (Fsp3) is 0.208. The zero-order valence-electron chi connectivity index (χ0n) is 17.0. The molecule has 0 radical (unpaired) electrons. The molecule has 0 aliphatic heterocycles. The van der Waals surface area contributed by atoms with Crippen molar-refractivity contribution in [3.63, 3.8) is 0 Å². The number of hydrogen-bond acceptors (Lipinski definition) is 5. The van der Waals surface area contributed by atoms with E-state index in [0.717, 1.165) is 39.2 Å². The van der Waals surface area contributed by atoms with Crippen LogP contribution in [-0.2, 0) is 13.0 Å². The van der Waals surface area contributed by atoms with Crippen LogP contribution in [0.2, 0.25) is 0 Å². The van der Waals surface area contributed by atoms with Crippen molar-refractivity contribution < 1.29 is 14.1 Å². The maximum Gasteiger partial charge on any atom is 0.269 e. The molecule has 0 aliphatic carbocycles. The van der Waals surface area contributed by atoms with E-state index in [0.29, 0.717) is 25.3 Å². The van der Waals surface area contributed by atoms with E-state index < -0.39 is 0 Å². The summed E-state index contributed by atoms with van der Waals surface area (Å²) < 4.78 is 11.1. The number of carbonyl (C=O) groups excluding carboxylic acids is 1. The number of nitrogens with one attached hydrogen (secondary N) is 1. The maximum absolute atomic E-state index is 12.4. The van der Waals surface area contributed by atoms with Gasteiger partial charge in [0, 0.05) is 11.9 Å². The minimum Gasteiger partial charge on any atom is -0.489 e. The average molecular weight is 401 g/mol. The Kier molecular flexibility index (Phi) is 5.75. The first-order chi connectivity index (χ1) is 14.6. The number of para-hydroxylation sites is 1. The van der Waals surface area contributed by atoms with Gasteiger partial charge in [-0.25, -0.2) is 4.98 Å². The zero-order chi connectivity index (χ0) is 20.9. The van der Waals surface area contributed by atoms with Gasteiger partial charge >= 0.3 is 0 Å². The summed E-state index contributed by atoms with van der Waals surface area (Å²) in [5.41, 5.74) is 4.13. The highest BCUT2D eigenvalue weighted by atomic mass is 16.5. The van der Waals surface area contributed by atoms with Crippen molar-refractivity contribution in [1.29, 1.82) is 0 Å². The predicted octanol–water partition coefficient (Wildman–Crippen LogP) is 4.39. The Bertz CT molecular complexity index is 1160. The van der Waals surface area contributed by atoms with E-state index >= 15 is 0 Å². The van der Waals surface area contributed by atoms with Crippen molar-refractivity contribution in [2.24, 2.45) is 0 Å². The predicted molar refractivity (Wildman–Crippen MR) is 115 cm³/mol. The van der Waals surface area contributed by atoms with Gasteiger partial charge in [0.05, 0.1) is 16.8 Å². The van der Waals surface area contributed by atoms with Gasteiger partial charge in [0.15, 0.2) is 0 Å². The molecule has 0 aliphatic rings. The number of pyridine rings is 1. The van der Waals surface area contributed by atoms with Crippen molar-refractivity contribution in [3.8, 4) is 5.75 Å². The molecule has 2 heterocycles. The van der Waals surface area contributed by atoms with Crippen LogP contribution in [0.1, 0.15) is 33.1 Å². The molecule has 0 spiro atoms. The molecule has 2 aromatic carbocycles. The third-order valence-electron chi connectivity index (χ3n) is 4.99. The minimum atomic E-state index is -0.174. The van der Waals surface area contributed by atoms with Crippen LogP contribution >= 0.6 is 0 Å². The summed E-state index contributed by atoms with van der Waals surface area (Å²) in [6, 6.07) is 19.3. The van der Waals surface area contributed by atoms with Gasteiger partial charge in [-0.2, -0.15) is 0 Å². The Morgan fingerprint density at radius 2 is 1.93 bits per heavy atom. The average Bonchev–Trinajstić information content (AvgIpc) is 3.09. The molecule has 0 saturated carbocycles. The fourth-order valence-corrected chi connectivity index (χ4v) is 3.26. The molecule has 2 aromatic heterocycles. The van der Waals surface area contributed by atoms with Gasteiger partial charge in [-0.05, 0) is 50.1 Å². The van der Waals surface area contributed by atoms with Crippen LogP contribution in [0.4, 0.5) is 0 Å². The number of benzene rings is 2. The van der Waals surface area contributed by atoms with E-state index in [1.54, 1.807) is 6.07 Å². The molecule has 30 heavy (non-hydrogen) atoms. The van der Waals surface area contributed by atoms with Crippen LogP contribution in [0.15, 0.2) is 65.2 Å². The summed E-state index contributed by atoms with van der Waals surface area (Å²) in [4.78, 5) is 16.9. The summed E-state index contributed by atoms with van der Waals surface area (Å²) in [7, 11) is 0. The van der Waals surface area contributed by atoms with Gasteiger partial charge in [-0.3, -0.25) is 4.79 Å². The molecule has 1 N–H and O–H groups in total. The first-order valence-electron chi connectivity index (χ1n) is 9.87. The number of carbonyl (C=O) groups is 1. The number of rotatable bonds is 7. The molecule has 4 rings (SSSR count). The summed E-state index contributed by atoms with van der Waals surface area (Å²) >= 11 is 0. The topological polar surface area (TPSA) is 77.3 Å². The standard InChI is InChI=1S/C24H23N3O3/c1-16-21(17(2)30-27-16)15-29-20-8-5-6-18(14-20)12-13-25-24(28)23-11-10-19-7-3-4-9-22(19)26-23/h3-11,14H,12-13,15H2,1-2H3,(H,25,28). The number of ether oxygens (including phenoxy) is 1. The van der Waals surface area contributed by atoms with Crippen molar-refractivity contribution in [3.05, 3.63) is 88.9 Å². The third-order valence-corrected chi connectivity index (χ3v) is 4.99. The number of nitrogens with zero attached hydrogens (tertiary/aromatic N) is 2. The van der Waals surface area contributed by atoms with E-state index in [-0.39, 0.29) is 5.91 Å². The summed E-state index contributed by atoms with van der Waals surface area (Å²) in [5, 5.41) is 7.90. The molecule has 6 nitrogen and oxygen atoms in total. The van der Waals surface area contributed by atoms with Crippen molar-refractivity contribution in [2.45, 2.75) is 26.9 Å². The first-order valence-corrected chi connectivity index (χ1v) is 9.87. The Labute approximate surface area is 174 Å². The van der Waals surface area contributed by atoms with E-state index in [1.807, 2.05) is 68.4 Å². The fourth-order valence-electron chi connectivity index (χ4n) is 3.26. The molecular weight excluding hydrogens is 378 g/mol. The largest absolute Gasteiger partial charge is 0.489 e. The Hall–Kier alpha value is -3.67. The van der Waals surface area contributed by atoms with Crippen molar-refractivity contribution in [2.75, 3.05) is 6.54 Å². The molecular formula is C24H23N3O3. The smallest absolute Gasteiger partial charge is 0.269 e. The highest BCUT2D eigenvalue weighted by molar-refractivity contribution is 5.94. The molecule has 0 bridgehead atoms. The number of aromatic nitrogens is 2. The highest BCUT2D eigenvalue weighted by Crippen LogP contribution is 2.19. The van der Waals surface area contributed by atoms with Crippen LogP contribution in [0.3, 0.4) is 0 Å².